The molecule has 2 N–H and O–H groups in total. The first-order chi connectivity index (χ1) is 15.4. The monoisotopic (exact) mass is 536 g/mol. The molecule has 0 fully saturated rings. The van der Waals surface area contributed by atoms with Crippen molar-refractivity contribution in [1.82, 2.24) is 0 Å². The molecule has 0 saturated heterocycles. The molecule has 3 rings (SSSR count). The van der Waals surface area contributed by atoms with Gasteiger partial charge in [0.2, 0.25) is 0 Å². The van der Waals surface area contributed by atoms with Crippen LogP contribution in [0.15, 0.2) is 59.1 Å². The van der Waals surface area contributed by atoms with Crippen LogP contribution in [-0.4, -0.2) is 19.1 Å². The molecule has 0 aromatic heterocycles. The van der Waals surface area contributed by atoms with Gasteiger partial charge in [0.15, 0.2) is 18.1 Å². The maximum Gasteiger partial charge on any atom is 0.262 e. The molecule has 1 amide bonds. The van der Waals surface area contributed by atoms with Crippen molar-refractivity contribution in [2.24, 2.45) is 0 Å². The van der Waals surface area contributed by atoms with Gasteiger partial charge in [0.05, 0.1) is 16.7 Å². The summed E-state index contributed by atoms with van der Waals surface area (Å²) in [6.45, 7) is 4.58. The molecule has 0 heterocycles. The average molecular weight is 538 g/mol. The average Bonchev–Trinajstić information content (AvgIpc) is 2.74. The standard InChI is InChI=1S/C24H23BrCl2N2O3/c1-3-31-22-11-16(13-28-17-7-8-19(25)20(26)12-17)10-21(27)24(22)32-14-23(30)29-18-6-4-5-15(2)9-18/h4-12,28H,3,13-14H2,1-2H3,(H,29,30). The fraction of sp³-hybridized carbons (Fsp3) is 0.208. The lowest BCUT2D eigenvalue weighted by Gasteiger charge is -2.16. The van der Waals surface area contributed by atoms with Crippen molar-refractivity contribution in [3.63, 3.8) is 0 Å². The predicted octanol–water partition coefficient (Wildman–Crippen LogP) is 7.09. The summed E-state index contributed by atoms with van der Waals surface area (Å²) in [7, 11) is 0. The minimum atomic E-state index is -0.285. The number of halogens is 3. The molecule has 8 heteroatoms. The highest BCUT2D eigenvalue weighted by molar-refractivity contribution is 9.10. The Balaban J connectivity index is 1.67. The minimum Gasteiger partial charge on any atom is -0.490 e. The zero-order chi connectivity index (χ0) is 23.1. The van der Waals surface area contributed by atoms with Gasteiger partial charge in [0.1, 0.15) is 0 Å². The van der Waals surface area contributed by atoms with Crippen molar-refractivity contribution in [3.8, 4) is 11.5 Å². The molecule has 32 heavy (non-hydrogen) atoms. The SMILES string of the molecule is CCOc1cc(CNc2ccc(Br)c(Cl)c2)cc(Cl)c1OCC(=O)Nc1cccc(C)c1. The van der Waals surface area contributed by atoms with Crippen LogP contribution in [0.2, 0.25) is 10.0 Å². The lowest BCUT2D eigenvalue weighted by Crippen LogP contribution is -2.20. The Hall–Kier alpha value is -2.41. The van der Waals surface area contributed by atoms with Crippen molar-refractivity contribution in [2.75, 3.05) is 23.8 Å². The van der Waals surface area contributed by atoms with Crippen LogP contribution < -0.4 is 20.1 Å². The second kappa shape index (κ2) is 11.5. The van der Waals surface area contributed by atoms with Gasteiger partial charge in [-0.1, -0.05) is 35.3 Å². The van der Waals surface area contributed by atoms with E-state index >= 15 is 0 Å². The van der Waals surface area contributed by atoms with Gasteiger partial charge in [-0.25, -0.2) is 0 Å². The summed E-state index contributed by atoms with van der Waals surface area (Å²) < 4.78 is 12.3. The van der Waals surface area contributed by atoms with E-state index in [9.17, 15) is 4.79 Å². The predicted molar refractivity (Wildman–Crippen MR) is 134 cm³/mol. The zero-order valence-corrected chi connectivity index (χ0v) is 20.8. The Kier molecular flexibility index (Phi) is 8.67. The number of benzene rings is 3. The molecule has 3 aromatic carbocycles. The van der Waals surface area contributed by atoms with Crippen molar-refractivity contribution in [2.45, 2.75) is 20.4 Å². The zero-order valence-electron chi connectivity index (χ0n) is 17.7. The van der Waals surface area contributed by atoms with Crippen molar-refractivity contribution in [3.05, 3.63) is 80.2 Å². The third kappa shape index (κ3) is 6.79. The molecule has 0 atom stereocenters. The first-order valence-corrected chi connectivity index (χ1v) is 11.5. The van der Waals surface area contributed by atoms with Crippen molar-refractivity contribution in [1.29, 1.82) is 0 Å². The normalized spacial score (nSPS) is 10.5. The molecule has 0 aliphatic rings. The summed E-state index contributed by atoms with van der Waals surface area (Å²) in [6, 6.07) is 16.8. The molecule has 0 spiro atoms. The molecule has 0 aliphatic carbocycles. The second-order valence-corrected chi connectivity index (χ2v) is 8.70. The third-order valence-electron chi connectivity index (χ3n) is 4.43. The molecule has 168 valence electrons. The van der Waals surface area contributed by atoms with Gasteiger partial charge in [-0.3, -0.25) is 4.79 Å². The summed E-state index contributed by atoms with van der Waals surface area (Å²) in [4.78, 5) is 12.3. The van der Waals surface area contributed by atoms with E-state index < -0.39 is 0 Å². The Morgan fingerprint density at radius 2 is 1.81 bits per heavy atom. The Bertz CT molecular complexity index is 1110. The maximum atomic E-state index is 12.3. The number of hydrogen-bond donors (Lipinski definition) is 2. The second-order valence-electron chi connectivity index (χ2n) is 7.03. The highest BCUT2D eigenvalue weighted by atomic mass is 79.9. The van der Waals surface area contributed by atoms with E-state index in [1.807, 2.05) is 62.4 Å². The van der Waals surface area contributed by atoms with Crippen LogP contribution in [0.3, 0.4) is 0 Å². The number of aryl methyl sites for hydroxylation is 1. The topological polar surface area (TPSA) is 59.6 Å². The van der Waals surface area contributed by atoms with Crippen molar-refractivity contribution >= 4 is 56.4 Å². The molecule has 0 radical (unpaired) electrons. The molecule has 3 aromatic rings. The van der Waals surface area contributed by atoms with Gasteiger partial charge in [-0.15, -0.1) is 0 Å². The fourth-order valence-electron chi connectivity index (χ4n) is 2.99. The maximum absolute atomic E-state index is 12.3. The van der Waals surface area contributed by atoms with E-state index in [1.165, 1.54) is 0 Å². The number of carbonyl (C=O) groups excluding carboxylic acids is 1. The van der Waals surface area contributed by atoms with Crippen molar-refractivity contribution < 1.29 is 14.3 Å². The fourth-order valence-corrected chi connectivity index (χ4v) is 3.71. The van der Waals surface area contributed by atoms with E-state index in [-0.39, 0.29) is 12.5 Å². The van der Waals surface area contributed by atoms with E-state index in [0.717, 1.165) is 21.3 Å². The molecular formula is C24H23BrCl2N2O3. The first-order valence-electron chi connectivity index (χ1n) is 9.99. The molecular weight excluding hydrogens is 515 g/mol. The van der Waals surface area contributed by atoms with Gasteiger partial charge in [0, 0.05) is 22.4 Å². The highest BCUT2D eigenvalue weighted by Gasteiger charge is 2.15. The number of nitrogens with one attached hydrogen (secondary N) is 2. The van der Waals surface area contributed by atoms with Gasteiger partial charge in [-0.05, 0) is 83.4 Å². The summed E-state index contributed by atoms with van der Waals surface area (Å²) in [5.74, 6) is 0.532. The van der Waals surface area contributed by atoms with Crippen LogP contribution in [0.5, 0.6) is 11.5 Å². The quantitative estimate of drug-likeness (QED) is 0.306. The number of carbonyl (C=O) groups is 1. The molecule has 0 aliphatic heterocycles. The molecule has 0 saturated carbocycles. The van der Waals surface area contributed by atoms with Crippen LogP contribution in [0.4, 0.5) is 11.4 Å². The summed E-state index contributed by atoms with van der Waals surface area (Å²) >= 11 is 16.0. The third-order valence-corrected chi connectivity index (χ3v) is 5.95. The number of ether oxygens (including phenoxy) is 2. The molecule has 0 unspecified atom stereocenters. The van der Waals surface area contributed by atoms with Crippen LogP contribution in [-0.2, 0) is 11.3 Å². The molecule has 0 bridgehead atoms. The van der Waals surface area contributed by atoms with Gasteiger partial charge in [0.25, 0.3) is 5.91 Å². The van der Waals surface area contributed by atoms with E-state index in [2.05, 4.69) is 26.6 Å². The van der Waals surface area contributed by atoms with E-state index in [4.69, 9.17) is 32.7 Å². The minimum absolute atomic E-state index is 0.192. The van der Waals surface area contributed by atoms with Crippen LogP contribution in [0, 0.1) is 6.92 Å². The lowest BCUT2D eigenvalue weighted by molar-refractivity contribution is -0.118. The Morgan fingerprint density at radius 1 is 1.00 bits per heavy atom. The lowest BCUT2D eigenvalue weighted by atomic mass is 10.2. The highest BCUT2D eigenvalue weighted by Crippen LogP contribution is 2.37. The largest absolute Gasteiger partial charge is 0.490 e. The summed E-state index contributed by atoms with van der Waals surface area (Å²) in [6.07, 6.45) is 0. The first kappa shape index (κ1) is 24.2. The van der Waals surface area contributed by atoms with Crippen LogP contribution >= 0.6 is 39.1 Å². The Labute approximate surface area is 206 Å². The Morgan fingerprint density at radius 3 is 2.53 bits per heavy atom. The number of amides is 1. The van der Waals surface area contributed by atoms with E-state index in [1.54, 1.807) is 6.07 Å². The molecule has 5 nitrogen and oxygen atoms in total. The summed E-state index contributed by atoms with van der Waals surface area (Å²) in [5.41, 5.74) is 3.54. The van der Waals surface area contributed by atoms with Gasteiger partial charge in [-0.2, -0.15) is 0 Å². The summed E-state index contributed by atoms with van der Waals surface area (Å²) in [5, 5.41) is 7.10. The number of hydrogen-bond acceptors (Lipinski definition) is 4. The van der Waals surface area contributed by atoms with Gasteiger partial charge >= 0.3 is 0 Å². The van der Waals surface area contributed by atoms with Gasteiger partial charge < -0.3 is 20.1 Å². The number of rotatable bonds is 9. The smallest absolute Gasteiger partial charge is 0.262 e. The van der Waals surface area contributed by atoms with E-state index in [0.29, 0.717) is 40.4 Å². The van der Waals surface area contributed by atoms with Crippen LogP contribution in [0.25, 0.3) is 0 Å². The van der Waals surface area contributed by atoms with Crippen LogP contribution in [0.1, 0.15) is 18.1 Å². The number of anilines is 2.